The molecule has 3 rings (SSSR count). The Balaban J connectivity index is 0.00000182. The highest BCUT2D eigenvalue weighted by atomic mass is 35.5. The third-order valence-corrected chi connectivity index (χ3v) is 5.53. The predicted molar refractivity (Wildman–Crippen MR) is 113 cm³/mol. The molecule has 1 amide bonds. The van der Waals surface area contributed by atoms with Gasteiger partial charge in [0.1, 0.15) is 0 Å². The molecule has 8 heteroatoms. The molecule has 0 bridgehead atoms. The first kappa shape index (κ1) is 24.2. The SMILES string of the molecule is CC(C)Cc1cc(CN2CC[C@@H]3[C@@H](CCC(=O)N3CCCN)C2)[nH]n1.Cl.Cl. The summed E-state index contributed by atoms with van der Waals surface area (Å²) in [5, 5.41) is 7.65. The van der Waals surface area contributed by atoms with Crippen LogP contribution in [0.25, 0.3) is 0 Å². The smallest absolute Gasteiger partial charge is 0.222 e. The van der Waals surface area contributed by atoms with Gasteiger partial charge in [0, 0.05) is 44.3 Å². The van der Waals surface area contributed by atoms with E-state index in [0.717, 1.165) is 57.6 Å². The lowest BCUT2D eigenvalue weighted by Gasteiger charge is -2.47. The van der Waals surface area contributed by atoms with Gasteiger partial charge in [-0.05, 0) is 50.1 Å². The van der Waals surface area contributed by atoms with Gasteiger partial charge in [0.2, 0.25) is 5.91 Å². The third-order valence-electron chi connectivity index (χ3n) is 5.53. The number of hydrogen-bond acceptors (Lipinski definition) is 4. The van der Waals surface area contributed by atoms with Crippen LogP contribution in [0.3, 0.4) is 0 Å². The highest BCUT2D eigenvalue weighted by Crippen LogP contribution is 2.31. The fourth-order valence-corrected chi connectivity index (χ4v) is 4.38. The molecular weight excluding hydrogens is 385 g/mol. The van der Waals surface area contributed by atoms with Gasteiger partial charge in [0.05, 0.1) is 5.69 Å². The molecule has 1 aromatic heterocycles. The standard InChI is InChI=1S/C19H33N5O.2ClH/c1-14(2)10-16-11-17(22-21-16)13-23-9-6-18-15(12-23)4-5-19(25)24(18)8-3-7-20;;/h11,14-15,18H,3-10,12-13,20H2,1-2H3,(H,21,22);2*1H/t15-,18+;;/m0../s1. The topological polar surface area (TPSA) is 78.3 Å². The molecule has 3 N–H and O–H groups in total. The fourth-order valence-electron chi connectivity index (χ4n) is 4.38. The average molecular weight is 420 g/mol. The van der Waals surface area contributed by atoms with E-state index in [1.165, 1.54) is 5.69 Å². The molecule has 27 heavy (non-hydrogen) atoms. The van der Waals surface area contributed by atoms with Gasteiger partial charge < -0.3 is 10.6 Å². The number of nitrogens with two attached hydrogens (primary N) is 1. The number of likely N-dealkylation sites (tertiary alicyclic amines) is 2. The van der Waals surface area contributed by atoms with Crippen LogP contribution >= 0.6 is 24.8 Å². The van der Waals surface area contributed by atoms with Crippen molar-refractivity contribution in [1.29, 1.82) is 0 Å². The van der Waals surface area contributed by atoms with Gasteiger partial charge in [0.25, 0.3) is 0 Å². The van der Waals surface area contributed by atoms with Crippen LogP contribution in [0.15, 0.2) is 6.07 Å². The minimum absolute atomic E-state index is 0. The van der Waals surface area contributed by atoms with Crippen molar-refractivity contribution in [2.24, 2.45) is 17.6 Å². The first-order valence-corrected chi connectivity index (χ1v) is 9.82. The largest absolute Gasteiger partial charge is 0.339 e. The van der Waals surface area contributed by atoms with Crippen molar-refractivity contribution in [3.63, 3.8) is 0 Å². The molecule has 2 fully saturated rings. The predicted octanol–water partition coefficient (Wildman–Crippen LogP) is 2.61. The maximum atomic E-state index is 12.3. The summed E-state index contributed by atoms with van der Waals surface area (Å²) in [6.45, 7) is 8.99. The second-order valence-electron chi connectivity index (χ2n) is 8.10. The lowest BCUT2D eigenvalue weighted by atomic mass is 9.83. The van der Waals surface area contributed by atoms with Gasteiger partial charge in [-0.25, -0.2) is 0 Å². The van der Waals surface area contributed by atoms with Crippen LogP contribution in [0.2, 0.25) is 0 Å². The number of amides is 1. The maximum absolute atomic E-state index is 12.3. The van der Waals surface area contributed by atoms with Crippen LogP contribution in [0.4, 0.5) is 0 Å². The monoisotopic (exact) mass is 419 g/mol. The van der Waals surface area contributed by atoms with Crippen molar-refractivity contribution in [3.05, 3.63) is 17.5 Å². The normalized spacial score (nSPS) is 23.0. The van der Waals surface area contributed by atoms with Crippen LogP contribution < -0.4 is 5.73 Å². The van der Waals surface area contributed by atoms with Crippen LogP contribution in [0.1, 0.15) is 50.9 Å². The number of carbonyl (C=O) groups excluding carboxylic acids is 1. The van der Waals surface area contributed by atoms with Crippen molar-refractivity contribution in [3.8, 4) is 0 Å². The molecule has 1 aromatic rings. The van der Waals surface area contributed by atoms with E-state index >= 15 is 0 Å². The summed E-state index contributed by atoms with van der Waals surface area (Å²) in [4.78, 5) is 16.9. The summed E-state index contributed by atoms with van der Waals surface area (Å²) in [6.07, 6.45) is 4.74. The number of nitrogens with zero attached hydrogens (tertiary/aromatic N) is 3. The van der Waals surface area contributed by atoms with Gasteiger partial charge in [-0.15, -0.1) is 24.8 Å². The third kappa shape index (κ3) is 6.34. The highest BCUT2D eigenvalue weighted by Gasteiger charge is 2.38. The van der Waals surface area contributed by atoms with E-state index in [2.05, 4.69) is 39.9 Å². The second kappa shape index (κ2) is 11.2. The van der Waals surface area contributed by atoms with Crippen LogP contribution in [-0.4, -0.2) is 58.1 Å². The van der Waals surface area contributed by atoms with Gasteiger partial charge in [0.15, 0.2) is 0 Å². The summed E-state index contributed by atoms with van der Waals surface area (Å²) in [7, 11) is 0. The molecule has 2 aliphatic rings. The van der Waals surface area contributed by atoms with E-state index in [1.54, 1.807) is 0 Å². The number of aromatic amines is 1. The Morgan fingerprint density at radius 2 is 2.11 bits per heavy atom. The number of rotatable bonds is 7. The van der Waals surface area contributed by atoms with Crippen molar-refractivity contribution >= 4 is 30.7 Å². The minimum Gasteiger partial charge on any atom is -0.339 e. The molecule has 2 atom stereocenters. The first-order chi connectivity index (χ1) is 12.1. The van der Waals surface area contributed by atoms with Gasteiger partial charge in [-0.2, -0.15) is 5.10 Å². The first-order valence-electron chi connectivity index (χ1n) is 9.82. The van der Waals surface area contributed by atoms with Crippen molar-refractivity contribution < 1.29 is 4.79 Å². The van der Waals surface area contributed by atoms with Crippen LogP contribution in [-0.2, 0) is 17.8 Å². The molecule has 0 spiro atoms. The lowest BCUT2D eigenvalue weighted by Crippen LogP contribution is -2.56. The van der Waals surface area contributed by atoms with Crippen LogP contribution in [0.5, 0.6) is 0 Å². The number of aromatic nitrogens is 2. The molecule has 2 saturated heterocycles. The zero-order chi connectivity index (χ0) is 17.8. The molecule has 0 aromatic carbocycles. The zero-order valence-electron chi connectivity index (χ0n) is 16.5. The fraction of sp³-hybridized carbons (Fsp3) is 0.789. The summed E-state index contributed by atoms with van der Waals surface area (Å²) >= 11 is 0. The lowest BCUT2D eigenvalue weighted by molar-refractivity contribution is -0.141. The number of nitrogens with one attached hydrogen (secondary N) is 1. The Kier molecular flexibility index (Phi) is 10.1. The molecule has 6 nitrogen and oxygen atoms in total. The average Bonchev–Trinajstić information content (AvgIpc) is 3.00. The Morgan fingerprint density at radius 1 is 1.33 bits per heavy atom. The summed E-state index contributed by atoms with van der Waals surface area (Å²) < 4.78 is 0. The molecular formula is C19H35Cl2N5O. The second-order valence-corrected chi connectivity index (χ2v) is 8.10. The van der Waals surface area contributed by atoms with Crippen LogP contribution in [0, 0.1) is 11.8 Å². The molecule has 0 aliphatic carbocycles. The molecule has 156 valence electrons. The van der Waals surface area contributed by atoms with E-state index in [1.807, 2.05) is 0 Å². The Bertz CT molecular complexity index is 580. The van der Waals surface area contributed by atoms with E-state index in [9.17, 15) is 4.79 Å². The van der Waals surface area contributed by atoms with Gasteiger partial charge >= 0.3 is 0 Å². The molecule has 3 heterocycles. The van der Waals surface area contributed by atoms with E-state index in [0.29, 0.717) is 36.8 Å². The van der Waals surface area contributed by atoms with E-state index in [4.69, 9.17) is 5.73 Å². The number of halogens is 2. The summed E-state index contributed by atoms with van der Waals surface area (Å²) in [6, 6.07) is 2.63. The van der Waals surface area contributed by atoms with Gasteiger partial charge in [-0.1, -0.05) is 13.8 Å². The highest BCUT2D eigenvalue weighted by molar-refractivity contribution is 5.85. The van der Waals surface area contributed by atoms with E-state index < -0.39 is 0 Å². The summed E-state index contributed by atoms with van der Waals surface area (Å²) in [5.41, 5.74) is 8.02. The quantitative estimate of drug-likeness (QED) is 0.711. The number of carbonyl (C=O) groups is 1. The zero-order valence-corrected chi connectivity index (χ0v) is 18.2. The molecule has 0 saturated carbocycles. The van der Waals surface area contributed by atoms with Crippen molar-refractivity contribution in [2.75, 3.05) is 26.2 Å². The molecule has 2 aliphatic heterocycles. The number of hydrogen-bond donors (Lipinski definition) is 2. The molecule has 0 radical (unpaired) electrons. The van der Waals surface area contributed by atoms with Gasteiger partial charge in [-0.3, -0.25) is 14.8 Å². The number of piperidine rings is 2. The Hall–Kier alpha value is -0.820. The Labute approximate surface area is 175 Å². The molecule has 0 unspecified atom stereocenters. The summed E-state index contributed by atoms with van der Waals surface area (Å²) in [5.74, 6) is 1.56. The maximum Gasteiger partial charge on any atom is 0.222 e. The minimum atomic E-state index is 0. The number of H-pyrrole nitrogens is 1. The van der Waals surface area contributed by atoms with Crippen molar-refractivity contribution in [1.82, 2.24) is 20.0 Å². The number of fused-ring (bicyclic) bond motifs is 1. The van der Waals surface area contributed by atoms with Crippen molar-refractivity contribution in [2.45, 2.75) is 58.5 Å². The Morgan fingerprint density at radius 3 is 2.81 bits per heavy atom. The van der Waals surface area contributed by atoms with E-state index in [-0.39, 0.29) is 24.8 Å².